The molecule has 4 nitrogen and oxygen atoms in total. The first kappa shape index (κ1) is 13.1. The molecule has 1 unspecified atom stereocenters. The van der Waals surface area contributed by atoms with Gasteiger partial charge in [0.25, 0.3) is 0 Å². The number of aromatic nitrogens is 2. The van der Waals surface area contributed by atoms with Crippen LogP contribution >= 0.6 is 0 Å². The van der Waals surface area contributed by atoms with Crippen LogP contribution in [0.3, 0.4) is 0 Å². The van der Waals surface area contributed by atoms with Crippen molar-refractivity contribution in [3.8, 4) is 5.75 Å². The average molecular weight is 269 g/mol. The van der Waals surface area contributed by atoms with Crippen molar-refractivity contribution in [3.63, 3.8) is 0 Å². The Morgan fingerprint density at radius 2 is 2.15 bits per heavy atom. The predicted molar refractivity (Wildman–Crippen MR) is 77.9 cm³/mol. The number of rotatable bonds is 3. The molecule has 1 aromatic heterocycles. The molecule has 1 atom stereocenters. The summed E-state index contributed by atoms with van der Waals surface area (Å²) >= 11 is 0. The van der Waals surface area contributed by atoms with Crippen LogP contribution in [-0.4, -0.2) is 23.1 Å². The van der Waals surface area contributed by atoms with E-state index in [0.717, 1.165) is 35.8 Å². The lowest BCUT2D eigenvalue weighted by molar-refractivity contribution is 0.274. The van der Waals surface area contributed by atoms with Crippen LogP contribution in [0.1, 0.15) is 35.1 Å². The Balaban J connectivity index is 2.01. The molecule has 0 radical (unpaired) electrons. The predicted octanol–water partition coefficient (Wildman–Crippen LogP) is 2.20. The highest BCUT2D eigenvalue weighted by Gasteiger charge is 2.25. The van der Waals surface area contributed by atoms with E-state index in [4.69, 9.17) is 15.5 Å². The lowest BCUT2D eigenvalue weighted by Gasteiger charge is -2.25. The van der Waals surface area contributed by atoms with Crippen molar-refractivity contribution >= 4 is 0 Å². The molecule has 4 heteroatoms. The second kappa shape index (κ2) is 5.59. The van der Waals surface area contributed by atoms with Crippen LogP contribution in [0.2, 0.25) is 0 Å². The van der Waals surface area contributed by atoms with E-state index in [1.807, 2.05) is 31.2 Å². The summed E-state index contributed by atoms with van der Waals surface area (Å²) in [7, 11) is 0. The van der Waals surface area contributed by atoms with E-state index < -0.39 is 0 Å². The standard InChI is InChI=1S/C16H19N3O/c1-11-10-12(6-8-17)19-16(18-11)14-7-9-20-15-5-3-2-4-13(14)15/h2-5,10,14H,6-9,17H2,1H3. The Hall–Kier alpha value is -1.94. The van der Waals surface area contributed by atoms with E-state index in [0.29, 0.717) is 13.2 Å². The van der Waals surface area contributed by atoms with Crippen molar-refractivity contribution in [2.75, 3.05) is 13.2 Å². The molecule has 0 fully saturated rings. The van der Waals surface area contributed by atoms with Crippen molar-refractivity contribution < 1.29 is 4.74 Å². The summed E-state index contributed by atoms with van der Waals surface area (Å²) in [5.74, 6) is 2.06. The second-order valence-corrected chi connectivity index (χ2v) is 5.13. The van der Waals surface area contributed by atoms with Crippen LogP contribution in [0.15, 0.2) is 30.3 Å². The van der Waals surface area contributed by atoms with Crippen LogP contribution in [0.5, 0.6) is 5.75 Å². The second-order valence-electron chi connectivity index (χ2n) is 5.13. The lowest BCUT2D eigenvalue weighted by Crippen LogP contribution is -2.18. The maximum absolute atomic E-state index is 5.71. The molecule has 0 aliphatic carbocycles. The van der Waals surface area contributed by atoms with Crippen LogP contribution in [0.25, 0.3) is 0 Å². The van der Waals surface area contributed by atoms with Crippen molar-refractivity contribution in [2.24, 2.45) is 5.73 Å². The van der Waals surface area contributed by atoms with Gasteiger partial charge in [-0.05, 0) is 32.0 Å². The fourth-order valence-electron chi connectivity index (χ4n) is 2.70. The summed E-state index contributed by atoms with van der Waals surface area (Å²) in [6.07, 6.45) is 1.71. The van der Waals surface area contributed by atoms with E-state index in [1.165, 1.54) is 5.56 Å². The smallest absolute Gasteiger partial charge is 0.136 e. The molecule has 0 saturated carbocycles. The SMILES string of the molecule is Cc1cc(CCN)nc(C2CCOc3ccccc32)n1. The molecule has 1 aromatic carbocycles. The number of ether oxygens (including phenoxy) is 1. The topological polar surface area (TPSA) is 61.0 Å². The first-order valence-electron chi connectivity index (χ1n) is 7.04. The summed E-state index contributed by atoms with van der Waals surface area (Å²) in [5, 5.41) is 0. The lowest BCUT2D eigenvalue weighted by atomic mass is 9.92. The van der Waals surface area contributed by atoms with Crippen LogP contribution in [0, 0.1) is 6.92 Å². The van der Waals surface area contributed by atoms with Gasteiger partial charge in [-0.25, -0.2) is 9.97 Å². The highest BCUT2D eigenvalue weighted by Crippen LogP contribution is 2.36. The quantitative estimate of drug-likeness (QED) is 0.928. The number of aryl methyl sites for hydroxylation is 1. The maximum atomic E-state index is 5.71. The first-order valence-corrected chi connectivity index (χ1v) is 7.04. The number of hydrogen-bond acceptors (Lipinski definition) is 4. The van der Waals surface area contributed by atoms with Gasteiger partial charge < -0.3 is 10.5 Å². The zero-order valence-electron chi connectivity index (χ0n) is 11.7. The number of para-hydroxylation sites is 1. The van der Waals surface area contributed by atoms with E-state index in [1.54, 1.807) is 0 Å². The molecule has 20 heavy (non-hydrogen) atoms. The maximum Gasteiger partial charge on any atom is 0.136 e. The molecule has 0 spiro atoms. The molecule has 1 aliphatic heterocycles. The van der Waals surface area contributed by atoms with Gasteiger partial charge in [0, 0.05) is 23.4 Å². The van der Waals surface area contributed by atoms with Crippen molar-refractivity contribution in [1.82, 2.24) is 9.97 Å². The molecular formula is C16H19N3O. The van der Waals surface area contributed by atoms with Crippen molar-refractivity contribution in [1.29, 1.82) is 0 Å². The Bertz CT molecular complexity index is 612. The molecule has 0 bridgehead atoms. The van der Waals surface area contributed by atoms with Gasteiger partial charge in [0.1, 0.15) is 11.6 Å². The molecule has 2 heterocycles. The van der Waals surface area contributed by atoms with Gasteiger partial charge in [0.05, 0.1) is 12.5 Å². The number of nitrogens with two attached hydrogens (primary N) is 1. The molecule has 104 valence electrons. The van der Waals surface area contributed by atoms with Gasteiger partial charge in [-0.3, -0.25) is 0 Å². The number of hydrogen-bond donors (Lipinski definition) is 1. The fraction of sp³-hybridized carbons (Fsp3) is 0.375. The van der Waals surface area contributed by atoms with E-state index in [9.17, 15) is 0 Å². The van der Waals surface area contributed by atoms with Gasteiger partial charge in [-0.1, -0.05) is 18.2 Å². The number of fused-ring (bicyclic) bond motifs is 1. The largest absolute Gasteiger partial charge is 0.493 e. The third-order valence-corrected chi connectivity index (χ3v) is 3.60. The third-order valence-electron chi connectivity index (χ3n) is 3.60. The summed E-state index contributed by atoms with van der Waals surface area (Å²) in [4.78, 5) is 9.33. The highest BCUT2D eigenvalue weighted by molar-refractivity contribution is 5.41. The Labute approximate surface area is 119 Å². The monoisotopic (exact) mass is 269 g/mol. The van der Waals surface area contributed by atoms with Crippen LogP contribution in [-0.2, 0) is 6.42 Å². The van der Waals surface area contributed by atoms with E-state index in [2.05, 4.69) is 11.1 Å². The highest BCUT2D eigenvalue weighted by atomic mass is 16.5. The Kier molecular flexibility index (Phi) is 3.65. The average Bonchev–Trinajstić information content (AvgIpc) is 2.46. The third kappa shape index (κ3) is 2.51. The van der Waals surface area contributed by atoms with Gasteiger partial charge in [0.15, 0.2) is 0 Å². The molecular weight excluding hydrogens is 250 g/mol. The van der Waals surface area contributed by atoms with Gasteiger partial charge in [0.2, 0.25) is 0 Å². The minimum atomic E-state index is 0.219. The molecule has 0 saturated heterocycles. The van der Waals surface area contributed by atoms with Gasteiger partial charge in [-0.15, -0.1) is 0 Å². The van der Waals surface area contributed by atoms with Crippen molar-refractivity contribution in [2.45, 2.75) is 25.7 Å². The first-order chi connectivity index (χ1) is 9.78. The normalized spacial score (nSPS) is 17.4. The fourth-order valence-corrected chi connectivity index (χ4v) is 2.70. The molecule has 2 aromatic rings. The van der Waals surface area contributed by atoms with Crippen LogP contribution < -0.4 is 10.5 Å². The number of nitrogens with zero attached hydrogens (tertiary/aromatic N) is 2. The molecule has 0 amide bonds. The zero-order valence-corrected chi connectivity index (χ0v) is 11.7. The van der Waals surface area contributed by atoms with Gasteiger partial charge >= 0.3 is 0 Å². The molecule has 3 rings (SSSR count). The van der Waals surface area contributed by atoms with Gasteiger partial charge in [-0.2, -0.15) is 0 Å². The Morgan fingerprint density at radius 3 is 3.00 bits per heavy atom. The number of benzene rings is 1. The zero-order chi connectivity index (χ0) is 13.9. The molecule has 1 aliphatic rings. The van der Waals surface area contributed by atoms with E-state index in [-0.39, 0.29) is 5.92 Å². The minimum Gasteiger partial charge on any atom is -0.493 e. The molecule has 2 N–H and O–H groups in total. The van der Waals surface area contributed by atoms with Crippen LogP contribution in [0.4, 0.5) is 0 Å². The summed E-state index contributed by atoms with van der Waals surface area (Å²) in [6.45, 7) is 3.34. The summed E-state index contributed by atoms with van der Waals surface area (Å²) in [6, 6.07) is 10.2. The Morgan fingerprint density at radius 1 is 1.30 bits per heavy atom. The van der Waals surface area contributed by atoms with E-state index >= 15 is 0 Å². The minimum absolute atomic E-state index is 0.219. The summed E-state index contributed by atoms with van der Waals surface area (Å²) < 4.78 is 5.71. The summed E-state index contributed by atoms with van der Waals surface area (Å²) in [5.41, 5.74) is 8.85. The van der Waals surface area contributed by atoms with Crippen molar-refractivity contribution in [3.05, 3.63) is 53.1 Å².